The summed E-state index contributed by atoms with van der Waals surface area (Å²) in [7, 11) is 0. The Morgan fingerprint density at radius 1 is 1.43 bits per heavy atom. The zero-order valence-corrected chi connectivity index (χ0v) is 9.04. The minimum absolute atomic E-state index is 0.631. The van der Waals surface area contributed by atoms with Crippen LogP contribution in [0.5, 0.6) is 0 Å². The third-order valence-electron chi connectivity index (χ3n) is 2.10. The average molecular weight is 210 g/mol. The van der Waals surface area contributed by atoms with Gasteiger partial charge in [0.05, 0.1) is 0 Å². The number of aromatic nitrogens is 3. The van der Waals surface area contributed by atoms with Crippen molar-refractivity contribution in [3.63, 3.8) is 0 Å². The van der Waals surface area contributed by atoms with E-state index in [2.05, 4.69) is 17.0 Å². The second-order valence-corrected chi connectivity index (χ2v) is 3.75. The van der Waals surface area contributed by atoms with E-state index in [1.165, 1.54) is 5.56 Å². The van der Waals surface area contributed by atoms with E-state index in [4.69, 9.17) is 11.6 Å². The molecule has 0 radical (unpaired) electrons. The van der Waals surface area contributed by atoms with Crippen LogP contribution in [0.4, 0.5) is 0 Å². The van der Waals surface area contributed by atoms with E-state index in [1.807, 2.05) is 19.1 Å². The Bertz CT molecular complexity index is 462. The maximum absolute atomic E-state index is 6.07. The lowest BCUT2D eigenvalue weighted by molar-refractivity contribution is 0.896. The van der Waals surface area contributed by atoms with Crippen molar-refractivity contribution in [3.05, 3.63) is 28.7 Å². The summed E-state index contributed by atoms with van der Waals surface area (Å²) in [6.45, 7) is 4.01. The molecule has 74 valence electrons. The molecule has 14 heavy (non-hydrogen) atoms. The van der Waals surface area contributed by atoms with Crippen LogP contribution in [-0.4, -0.2) is 14.6 Å². The molecule has 0 aromatic carbocycles. The summed E-state index contributed by atoms with van der Waals surface area (Å²) in [6, 6.07) is 3.99. The summed E-state index contributed by atoms with van der Waals surface area (Å²) in [5, 5.41) is 4.82. The lowest BCUT2D eigenvalue weighted by Gasteiger charge is -2.00. The molecule has 0 bridgehead atoms. The van der Waals surface area contributed by atoms with Gasteiger partial charge in [-0.2, -0.15) is 5.10 Å². The molecule has 0 saturated heterocycles. The molecular formula is C10H12ClN3. The minimum atomic E-state index is 0.631. The predicted molar refractivity (Wildman–Crippen MR) is 56.7 cm³/mol. The first-order valence-electron chi connectivity index (χ1n) is 4.72. The molecule has 0 spiro atoms. The predicted octanol–water partition coefficient (Wildman–Crippen LogP) is 2.64. The normalized spacial score (nSPS) is 11.1. The molecule has 0 unspecified atom stereocenters. The van der Waals surface area contributed by atoms with Gasteiger partial charge in [-0.15, -0.1) is 0 Å². The number of rotatable bonds is 2. The van der Waals surface area contributed by atoms with Crippen LogP contribution in [0.3, 0.4) is 0 Å². The molecule has 0 aliphatic heterocycles. The molecule has 0 amide bonds. The van der Waals surface area contributed by atoms with E-state index in [0.717, 1.165) is 24.3 Å². The molecule has 0 N–H and O–H groups in total. The lowest BCUT2D eigenvalue weighted by atomic mass is 10.1. The summed E-state index contributed by atoms with van der Waals surface area (Å²) in [5.41, 5.74) is 2.05. The zero-order valence-electron chi connectivity index (χ0n) is 8.29. The smallest absolute Gasteiger partial charge is 0.157 e. The molecule has 0 aliphatic carbocycles. The number of hydrogen-bond acceptors (Lipinski definition) is 2. The first-order chi connectivity index (χ1) is 6.70. The summed E-state index contributed by atoms with van der Waals surface area (Å²) in [6.07, 6.45) is 2.14. The summed E-state index contributed by atoms with van der Waals surface area (Å²) >= 11 is 6.07. The van der Waals surface area contributed by atoms with Crippen LogP contribution in [-0.2, 0) is 6.42 Å². The monoisotopic (exact) mass is 209 g/mol. The number of pyridine rings is 1. The van der Waals surface area contributed by atoms with E-state index in [0.29, 0.717) is 5.15 Å². The molecule has 0 saturated carbocycles. The van der Waals surface area contributed by atoms with E-state index >= 15 is 0 Å². The van der Waals surface area contributed by atoms with E-state index in [-0.39, 0.29) is 0 Å². The highest BCUT2D eigenvalue weighted by molar-refractivity contribution is 6.29. The molecule has 2 aromatic rings. The molecule has 0 atom stereocenters. The van der Waals surface area contributed by atoms with Crippen molar-refractivity contribution < 1.29 is 0 Å². The summed E-state index contributed by atoms with van der Waals surface area (Å²) in [5.74, 6) is 0.751. The Morgan fingerprint density at radius 3 is 2.93 bits per heavy atom. The van der Waals surface area contributed by atoms with Crippen molar-refractivity contribution in [2.45, 2.75) is 26.7 Å². The van der Waals surface area contributed by atoms with Gasteiger partial charge >= 0.3 is 0 Å². The highest BCUT2D eigenvalue weighted by atomic mass is 35.5. The molecule has 2 heterocycles. The maximum Gasteiger partial charge on any atom is 0.157 e. The van der Waals surface area contributed by atoms with Crippen molar-refractivity contribution in [1.29, 1.82) is 0 Å². The lowest BCUT2D eigenvalue weighted by Crippen LogP contribution is -1.93. The summed E-state index contributed by atoms with van der Waals surface area (Å²) < 4.78 is 1.66. The third-order valence-corrected chi connectivity index (χ3v) is 2.37. The largest absolute Gasteiger partial charge is 0.212 e. The Balaban J connectivity index is 2.59. The molecular weight excluding hydrogens is 198 g/mol. The fourth-order valence-corrected chi connectivity index (χ4v) is 1.80. The SMILES string of the molecule is CCCc1cc(Cl)n2nc(C)nc2c1. The Labute approximate surface area is 87.7 Å². The van der Waals surface area contributed by atoms with Gasteiger partial charge in [0.25, 0.3) is 0 Å². The van der Waals surface area contributed by atoms with Crippen molar-refractivity contribution in [2.24, 2.45) is 0 Å². The van der Waals surface area contributed by atoms with E-state index in [1.54, 1.807) is 4.52 Å². The van der Waals surface area contributed by atoms with Crippen LogP contribution in [0.1, 0.15) is 24.7 Å². The second-order valence-electron chi connectivity index (χ2n) is 3.37. The Kier molecular flexibility index (Phi) is 2.42. The van der Waals surface area contributed by atoms with Gasteiger partial charge in [-0.1, -0.05) is 24.9 Å². The van der Waals surface area contributed by atoms with Gasteiger partial charge in [-0.05, 0) is 31.0 Å². The van der Waals surface area contributed by atoms with Gasteiger partial charge in [0.15, 0.2) is 5.65 Å². The highest BCUT2D eigenvalue weighted by Crippen LogP contribution is 2.15. The second kappa shape index (κ2) is 3.58. The van der Waals surface area contributed by atoms with E-state index < -0.39 is 0 Å². The molecule has 2 rings (SSSR count). The number of aryl methyl sites for hydroxylation is 2. The summed E-state index contributed by atoms with van der Waals surface area (Å²) in [4.78, 5) is 4.28. The fourth-order valence-electron chi connectivity index (χ4n) is 1.54. The first kappa shape index (κ1) is 9.46. The van der Waals surface area contributed by atoms with Crippen molar-refractivity contribution >= 4 is 17.2 Å². The van der Waals surface area contributed by atoms with Gasteiger partial charge < -0.3 is 0 Å². The maximum atomic E-state index is 6.07. The number of nitrogens with zero attached hydrogens (tertiary/aromatic N) is 3. The molecule has 3 nitrogen and oxygen atoms in total. The van der Waals surface area contributed by atoms with Crippen LogP contribution < -0.4 is 0 Å². The van der Waals surface area contributed by atoms with Gasteiger partial charge in [0, 0.05) is 0 Å². The molecule has 0 fully saturated rings. The molecule has 0 aliphatic rings. The van der Waals surface area contributed by atoms with Crippen molar-refractivity contribution in [3.8, 4) is 0 Å². The first-order valence-corrected chi connectivity index (χ1v) is 5.10. The standard InChI is InChI=1S/C10H12ClN3/c1-3-4-8-5-9(11)14-10(6-8)12-7(2)13-14/h5-6H,3-4H2,1-2H3. The van der Waals surface area contributed by atoms with Gasteiger partial charge in [0.1, 0.15) is 11.0 Å². The van der Waals surface area contributed by atoms with Crippen LogP contribution in [0.25, 0.3) is 5.65 Å². The fraction of sp³-hybridized carbons (Fsp3) is 0.400. The molecule has 2 aromatic heterocycles. The minimum Gasteiger partial charge on any atom is -0.212 e. The topological polar surface area (TPSA) is 30.2 Å². The van der Waals surface area contributed by atoms with Crippen LogP contribution >= 0.6 is 11.6 Å². The van der Waals surface area contributed by atoms with E-state index in [9.17, 15) is 0 Å². The Hall–Kier alpha value is -1.09. The van der Waals surface area contributed by atoms with Gasteiger partial charge in [-0.25, -0.2) is 9.50 Å². The van der Waals surface area contributed by atoms with Crippen molar-refractivity contribution in [2.75, 3.05) is 0 Å². The molecule has 4 heteroatoms. The highest BCUT2D eigenvalue weighted by Gasteiger charge is 2.05. The van der Waals surface area contributed by atoms with Gasteiger partial charge in [-0.3, -0.25) is 0 Å². The number of fused-ring (bicyclic) bond motifs is 1. The zero-order chi connectivity index (χ0) is 10.1. The Morgan fingerprint density at radius 2 is 2.21 bits per heavy atom. The average Bonchev–Trinajstić information content (AvgIpc) is 2.47. The van der Waals surface area contributed by atoms with Crippen LogP contribution in [0.2, 0.25) is 5.15 Å². The third kappa shape index (κ3) is 1.60. The van der Waals surface area contributed by atoms with Crippen LogP contribution in [0, 0.1) is 6.92 Å². The quantitative estimate of drug-likeness (QED) is 0.712. The number of halogens is 1. The van der Waals surface area contributed by atoms with Gasteiger partial charge in [0.2, 0.25) is 0 Å². The van der Waals surface area contributed by atoms with Crippen LogP contribution in [0.15, 0.2) is 12.1 Å². The van der Waals surface area contributed by atoms with Crippen molar-refractivity contribution in [1.82, 2.24) is 14.6 Å². The number of hydrogen-bond donors (Lipinski definition) is 0.